The van der Waals surface area contributed by atoms with Gasteiger partial charge in [-0.05, 0) is 34.6 Å². The summed E-state index contributed by atoms with van der Waals surface area (Å²) in [6, 6.07) is 17.2. The predicted octanol–water partition coefficient (Wildman–Crippen LogP) is 4.33. The van der Waals surface area contributed by atoms with Crippen molar-refractivity contribution in [3.05, 3.63) is 59.7 Å². The molecule has 0 saturated carbocycles. The van der Waals surface area contributed by atoms with Crippen LogP contribution in [-0.4, -0.2) is 0 Å². The molecule has 0 bridgehead atoms. The molecule has 0 saturated heterocycles. The van der Waals surface area contributed by atoms with Crippen LogP contribution in [0.15, 0.2) is 48.5 Å². The molecule has 2 aromatic carbocycles. The SMILES string of the molecule is CCC(C)c1ccc(-c2ccccc2CN)cc1. The fourth-order valence-corrected chi connectivity index (χ4v) is 2.21. The molecule has 1 heteroatoms. The van der Waals surface area contributed by atoms with E-state index in [-0.39, 0.29) is 0 Å². The minimum Gasteiger partial charge on any atom is -0.326 e. The number of hydrogen-bond donors (Lipinski definition) is 1. The molecule has 1 atom stereocenters. The third-order valence-corrected chi connectivity index (χ3v) is 3.64. The topological polar surface area (TPSA) is 26.0 Å². The quantitative estimate of drug-likeness (QED) is 0.844. The summed E-state index contributed by atoms with van der Waals surface area (Å²) in [5.74, 6) is 0.629. The molecule has 0 heterocycles. The van der Waals surface area contributed by atoms with Crippen molar-refractivity contribution in [3.8, 4) is 11.1 Å². The van der Waals surface area contributed by atoms with Crippen LogP contribution >= 0.6 is 0 Å². The Hall–Kier alpha value is -1.60. The Kier molecular flexibility index (Phi) is 4.16. The second-order valence-corrected chi connectivity index (χ2v) is 4.79. The van der Waals surface area contributed by atoms with Crippen molar-refractivity contribution in [2.45, 2.75) is 32.7 Å². The number of hydrogen-bond acceptors (Lipinski definition) is 1. The number of nitrogens with two attached hydrogens (primary N) is 1. The van der Waals surface area contributed by atoms with Gasteiger partial charge in [0.1, 0.15) is 0 Å². The van der Waals surface area contributed by atoms with Crippen LogP contribution in [0, 0.1) is 0 Å². The first-order valence-electron chi connectivity index (χ1n) is 6.64. The Morgan fingerprint density at radius 3 is 2.28 bits per heavy atom. The fourth-order valence-electron chi connectivity index (χ4n) is 2.21. The van der Waals surface area contributed by atoms with Crippen molar-refractivity contribution in [2.24, 2.45) is 5.73 Å². The van der Waals surface area contributed by atoms with E-state index in [9.17, 15) is 0 Å². The van der Waals surface area contributed by atoms with E-state index in [1.807, 2.05) is 6.07 Å². The predicted molar refractivity (Wildman–Crippen MR) is 78.5 cm³/mol. The van der Waals surface area contributed by atoms with Crippen molar-refractivity contribution in [3.63, 3.8) is 0 Å². The van der Waals surface area contributed by atoms with Gasteiger partial charge >= 0.3 is 0 Å². The molecule has 0 aliphatic heterocycles. The highest BCUT2D eigenvalue weighted by atomic mass is 14.5. The molecule has 94 valence electrons. The summed E-state index contributed by atoms with van der Waals surface area (Å²) >= 11 is 0. The molecule has 2 aromatic rings. The number of benzene rings is 2. The van der Waals surface area contributed by atoms with Crippen LogP contribution in [0.25, 0.3) is 11.1 Å². The Bertz CT molecular complexity index is 499. The normalized spacial score (nSPS) is 12.4. The summed E-state index contributed by atoms with van der Waals surface area (Å²) in [6.07, 6.45) is 1.18. The summed E-state index contributed by atoms with van der Waals surface area (Å²) in [5.41, 5.74) is 10.9. The maximum Gasteiger partial charge on any atom is 0.0184 e. The highest BCUT2D eigenvalue weighted by Gasteiger charge is 2.05. The zero-order valence-corrected chi connectivity index (χ0v) is 11.2. The van der Waals surface area contributed by atoms with E-state index < -0.39 is 0 Å². The van der Waals surface area contributed by atoms with E-state index in [0.717, 1.165) is 0 Å². The summed E-state index contributed by atoms with van der Waals surface area (Å²) in [5, 5.41) is 0. The van der Waals surface area contributed by atoms with Crippen LogP contribution in [0.5, 0.6) is 0 Å². The summed E-state index contributed by atoms with van der Waals surface area (Å²) < 4.78 is 0. The first-order valence-corrected chi connectivity index (χ1v) is 6.64. The van der Waals surface area contributed by atoms with Crippen LogP contribution in [0.1, 0.15) is 37.3 Å². The lowest BCUT2D eigenvalue weighted by Crippen LogP contribution is -1.98. The highest BCUT2D eigenvalue weighted by Crippen LogP contribution is 2.26. The Balaban J connectivity index is 2.34. The van der Waals surface area contributed by atoms with Crippen molar-refractivity contribution >= 4 is 0 Å². The average molecular weight is 239 g/mol. The van der Waals surface area contributed by atoms with E-state index in [4.69, 9.17) is 5.73 Å². The van der Waals surface area contributed by atoms with E-state index in [0.29, 0.717) is 12.5 Å². The molecule has 2 rings (SSSR count). The van der Waals surface area contributed by atoms with Crippen LogP contribution in [0.4, 0.5) is 0 Å². The second kappa shape index (κ2) is 5.83. The molecular formula is C17H21N. The fraction of sp³-hybridized carbons (Fsp3) is 0.294. The minimum atomic E-state index is 0.587. The van der Waals surface area contributed by atoms with E-state index >= 15 is 0 Å². The van der Waals surface area contributed by atoms with E-state index in [2.05, 4.69) is 56.3 Å². The van der Waals surface area contributed by atoms with E-state index in [1.165, 1.54) is 28.7 Å². The van der Waals surface area contributed by atoms with Gasteiger partial charge in [0.05, 0.1) is 0 Å². The molecule has 1 unspecified atom stereocenters. The van der Waals surface area contributed by atoms with Gasteiger partial charge in [0.15, 0.2) is 0 Å². The minimum absolute atomic E-state index is 0.587. The molecule has 0 fully saturated rings. The van der Waals surface area contributed by atoms with Crippen molar-refractivity contribution in [1.82, 2.24) is 0 Å². The third-order valence-electron chi connectivity index (χ3n) is 3.64. The second-order valence-electron chi connectivity index (χ2n) is 4.79. The van der Waals surface area contributed by atoms with Gasteiger partial charge in [0, 0.05) is 6.54 Å². The molecule has 0 aromatic heterocycles. The maximum atomic E-state index is 5.79. The Morgan fingerprint density at radius 1 is 1.00 bits per heavy atom. The molecule has 0 aliphatic carbocycles. The van der Waals surface area contributed by atoms with Crippen LogP contribution in [0.2, 0.25) is 0 Å². The molecule has 2 N–H and O–H groups in total. The first kappa shape index (κ1) is 12.8. The van der Waals surface area contributed by atoms with Gasteiger partial charge in [-0.25, -0.2) is 0 Å². The number of rotatable bonds is 4. The summed E-state index contributed by atoms with van der Waals surface area (Å²) in [6.45, 7) is 5.08. The molecule has 0 spiro atoms. The molecular weight excluding hydrogens is 218 g/mol. The van der Waals surface area contributed by atoms with Gasteiger partial charge in [-0.1, -0.05) is 62.4 Å². The standard InChI is InChI=1S/C17H21N/c1-3-13(2)14-8-10-15(11-9-14)17-7-5-4-6-16(17)12-18/h4-11,13H,3,12,18H2,1-2H3. The molecule has 0 radical (unpaired) electrons. The van der Waals surface area contributed by atoms with Gasteiger partial charge in [-0.3, -0.25) is 0 Å². The van der Waals surface area contributed by atoms with Crippen molar-refractivity contribution in [1.29, 1.82) is 0 Å². The van der Waals surface area contributed by atoms with Crippen molar-refractivity contribution < 1.29 is 0 Å². The van der Waals surface area contributed by atoms with Crippen LogP contribution < -0.4 is 5.73 Å². The smallest absolute Gasteiger partial charge is 0.0184 e. The Labute approximate surface area is 110 Å². The van der Waals surface area contributed by atoms with E-state index in [1.54, 1.807) is 0 Å². The summed E-state index contributed by atoms with van der Waals surface area (Å²) in [4.78, 5) is 0. The van der Waals surface area contributed by atoms with Gasteiger partial charge in [-0.2, -0.15) is 0 Å². The van der Waals surface area contributed by atoms with Gasteiger partial charge in [0.25, 0.3) is 0 Å². The average Bonchev–Trinajstić information content (AvgIpc) is 2.46. The monoisotopic (exact) mass is 239 g/mol. The van der Waals surface area contributed by atoms with Gasteiger partial charge < -0.3 is 5.73 Å². The Morgan fingerprint density at radius 2 is 1.67 bits per heavy atom. The lowest BCUT2D eigenvalue weighted by molar-refractivity contribution is 0.734. The van der Waals surface area contributed by atoms with Crippen LogP contribution in [-0.2, 0) is 6.54 Å². The lowest BCUT2D eigenvalue weighted by Gasteiger charge is -2.11. The van der Waals surface area contributed by atoms with Crippen molar-refractivity contribution in [2.75, 3.05) is 0 Å². The molecule has 0 amide bonds. The largest absolute Gasteiger partial charge is 0.326 e. The molecule has 0 aliphatic rings. The zero-order chi connectivity index (χ0) is 13.0. The van der Waals surface area contributed by atoms with Crippen LogP contribution in [0.3, 0.4) is 0 Å². The zero-order valence-electron chi connectivity index (χ0n) is 11.2. The third kappa shape index (κ3) is 2.62. The van der Waals surface area contributed by atoms with Gasteiger partial charge in [0.2, 0.25) is 0 Å². The summed E-state index contributed by atoms with van der Waals surface area (Å²) in [7, 11) is 0. The maximum absolute atomic E-state index is 5.79. The van der Waals surface area contributed by atoms with Gasteiger partial charge in [-0.15, -0.1) is 0 Å². The molecule has 18 heavy (non-hydrogen) atoms. The lowest BCUT2D eigenvalue weighted by atomic mass is 9.94. The highest BCUT2D eigenvalue weighted by molar-refractivity contribution is 5.67. The first-order chi connectivity index (χ1) is 8.76. The molecule has 1 nitrogen and oxygen atoms in total.